The van der Waals surface area contributed by atoms with E-state index in [1.165, 1.54) is 24.4 Å². The lowest BCUT2D eigenvalue weighted by molar-refractivity contribution is 0.104. The van der Waals surface area contributed by atoms with Crippen molar-refractivity contribution in [2.45, 2.75) is 39.3 Å². The fourth-order valence-electron chi connectivity index (χ4n) is 2.63. The van der Waals surface area contributed by atoms with Crippen molar-refractivity contribution >= 4 is 11.3 Å². The van der Waals surface area contributed by atoms with Crippen LogP contribution in [-0.2, 0) is 6.42 Å². The number of thiophene rings is 1. The Labute approximate surface area is 109 Å². The second kappa shape index (κ2) is 5.98. The van der Waals surface area contributed by atoms with E-state index >= 15 is 0 Å². The molecular formula is C14H24N2S. The van der Waals surface area contributed by atoms with Crippen LogP contribution in [0, 0.1) is 5.92 Å². The maximum Gasteiger partial charge on any atom is 0.0244 e. The standard InChI is InChI=1S/C14H24N2S/c1-11(2)14-9-15-12(3)10-16(14)7-6-13-5-4-8-17-13/h4-5,8,11-12,14-15H,6-7,9-10H2,1-3H3. The summed E-state index contributed by atoms with van der Waals surface area (Å²) in [5.74, 6) is 0.735. The third-order valence-corrected chi connectivity index (χ3v) is 4.58. The highest BCUT2D eigenvalue weighted by atomic mass is 32.1. The molecule has 17 heavy (non-hydrogen) atoms. The lowest BCUT2D eigenvalue weighted by atomic mass is 9.98. The van der Waals surface area contributed by atoms with Gasteiger partial charge in [0.1, 0.15) is 0 Å². The van der Waals surface area contributed by atoms with Gasteiger partial charge >= 0.3 is 0 Å². The first-order chi connectivity index (χ1) is 8.16. The van der Waals surface area contributed by atoms with Gasteiger partial charge in [-0.3, -0.25) is 4.90 Å². The second-order valence-electron chi connectivity index (χ2n) is 5.44. The second-order valence-corrected chi connectivity index (χ2v) is 6.48. The van der Waals surface area contributed by atoms with Gasteiger partial charge in [0.2, 0.25) is 0 Å². The van der Waals surface area contributed by atoms with E-state index in [0.29, 0.717) is 12.1 Å². The average molecular weight is 252 g/mol. The van der Waals surface area contributed by atoms with Crippen molar-refractivity contribution in [1.29, 1.82) is 0 Å². The molecule has 0 radical (unpaired) electrons. The fourth-order valence-corrected chi connectivity index (χ4v) is 3.32. The molecule has 1 aliphatic rings. The molecule has 0 bridgehead atoms. The van der Waals surface area contributed by atoms with Crippen molar-refractivity contribution in [3.63, 3.8) is 0 Å². The van der Waals surface area contributed by atoms with Crippen molar-refractivity contribution < 1.29 is 0 Å². The number of nitrogens with one attached hydrogen (secondary N) is 1. The molecule has 0 amide bonds. The Morgan fingerprint density at radius 2 is 2.35 bits per heavy atom. The SMILES string of the molecule is CC1CN(CCc2cccs2)C(C(C)C)CN1. The number of nitrogens with zero attached hydrogens (tertiary/aromatic N) is 1. The van der Waals surface area contributed by atoms with Crippen molar-refractivity contribution in [3.05, 3.63) is 22.4 Å². The summed E-state index contributed by atoms with van der Waals surface area (Å²) in [5.41, 5.74) is 0. The summed E-state index contributed by atoms with van der Waals surface area (Å²) >= 11 is 1.88. The zero-order chi connectivity index (χ0) is 12.3. The summed E-state index contributed by atoms with van der Waals surface area (Å²) in [6, 6.07) is 5.74. The zero-order valence-corrected chi connectivity index (χ0v) is 12.0. The molecule has 2 unspecified atom stereocenters. The summed E-state index contributed by atoms with van der Waals surface area (Å²) in [6.45, 7) is 10.5. The van der Waals surface area contributed by atoms with E-state index in [9.17, 15) is 0 Å². The van der Waals surface area contributed by atoms with Crippen LogP contribution in [0.1, 0.15) is 25.6 Å². The first-order valence-corrected chi connectivity index (χ1v) is 7.54. The van der Waals surface area contributed by atoms with Crippen LogP contribution in [0.3, 0.4) is 0 Å². The lowest BCUT2D eigenvalue weighted by Gasteiger charge is -2.41. The van der Waals surface area contributed by atoms with E-state index in [4.69, 9.17) is 0 Å². The topological polar surface area (TPSA) is 15.3 Å². The summed E-state index contributed by atoms with van der Waals surface area (Å²) in [6.07, 6.45) is 1.20. The molecular weight excluding hydrogens is 228 g/mol. The molecule has 1 aromatic rings. The predicted molar refractivity (Wildman–Crippen MR) is 75.7 cm³/mol. The van der Waals surface area contributed by atoms with E-state index in [-0.39, 0.29) is 0 Å². The maximum absolute atomic E-state index is 3.60. The lowest BCUT2D eigenvalue weighted by Crippen LogP contribution is -2.57. The van der Waals surface area contributed by atoms with E-state index < -0.39 is 0 Å². The molecule has 2 rings (SSSR count). The van der Waals surface area contributed by atoms with Gasteiger partial charge in [-0.1, -0.05) is 19.9 Å². The van der Waals surface area contributed by atoms with E-state index in [0.717, 1.165) is 12.5 Å². The van der Waals surface area contributed by atoms with Gasteiger partial charge in [0.25, 0.3) is 0 Å². The van der Waals surface area contributed by atoms with Crippen molar-refractivity contribution in [1.82, 2.24) is 10.2 Å². The van der Waals surface area contributed by atoms with Crippen LogP contribution in [-0.4, -0.2) is 36.6 Å². The van der Waals surface area contributed by atoms with Crippen molar-refractivity contribution in [2.75, 3.05) is 19.6 Å². The minimum atomic E-state index is 0.633. The molecule has 1 aliphatic heterocycles. The number of rotatable bonds is 4. The van der Waals surface area contributed by atoms with Gasteiger partial charge in [0.15, 0.2) is 0 Å². The third kappa shape index (κ3) is 3.54. The molecule has 0 saturated carbocycles. The molecule has 96 valence electrons. The highest BCUT2D eigenvalue weighted by Crippen LogP contribution is 2.17. The van der Waals surface area contributed by atoms with Gasteiger partial charge < -0.3 is 5.32 Å². The normalized spacial score (nSPS) is 26.6. The quantitative estimate of drug-likeness (QED) is 0.886. The Morgan fingerprint density at radius 1 is 1.53 bits per heavy atom. The molecule has 0 spiro atoms. The van der Waals surface area contributed by atoms with Gasteiger partial charge in [-0.15, -0.1) is 11.3 Å². The first-order valence-electron chi connectivity index (χ1n) is 6.66. The van der Waals surface area contributed by atoms with Gasteiger partial charge in [-0.2, -0.15) is 0 Å². The minimum Gasteiger partial charge on any atom is -0.311 e. The first kappa shape index (κ1) is 13.1. The predicted octanol–water partition coefficient (Wildman–Crippen LogP) is 2.61. The molecule has 1 saturated heterocycles. The Bertz CT molecular complexity index is 321. The number of hydrogen-bond acceptors (Lipinski definition) is 3. The molecule has 2 atom stereocenters. The van der Waals surface area contributed by atoms with Gasteiger partial charge in [-0.05, 0) is 30.7 Å². The van der Waals surface area contributed by atoms with Crippen LogP contribution in [0.5, 0.6) is 0 Å². The molecule has 3 heteroatoms. The molecule has 0 aliphatic carbocycles. The Morgan fingerprint density at radius 3 is 3.00 bits per heavy atom. The fraction of sp³-hybridized carbons (Fsp3) is 0.714. The molecule has 1 N–H and O–H groups in total. The van der Waals surface area contributed by atoms with Crippen LogP contribution < -0.4 is 5.32 Å². The monoisotopic (exact) mass is 252 g/mol. The molecule has 1 fully saturated rings. The van der Waals surface area contributed by atoms with Crippen LogP contribution in [0.4, 0.5) is 0 Å². The van der Waals surface area contributed by atoms with Gasteiger partial charge in [-0.25, -0.2) is 0 Å². The van der Waals surface area contributed by atoms with Crippen molar-refractivity contribution in [3.8, 4) is 0 Å². The highest BCUT2D eigenvalue weighted by molar-refractivity contribution is 7.09. The largest absolute Gasteiger partial charge is 0.311 e. The van der Waals surface area contributed by atoms with Crippen LogP contribution in [0.15, 0.2) is 17.5 Å². The minimum absolute atomic E-state index is 0.633. The molecule has 0 aromatic carbocycles. The average Bonchev–Trinajstić information content (AvgIpc) is 2.78. The van der Waals surface area contributed by atoms with Crippen molar-refractivity contribution in [2.24, 2.45) is 5.92 Å². The maximum atomic E-state index is 3.60. The van der Waals surface area contributed by atoms with E-state index in [1.54, 1.807) is 0 Å². The van der Waals surface area contributed by atoms with Gasteiger partial charge in [0.05, 0.1) is 0 Å². The summed E-state index contributed by atoms with van der Waals surface area (Å²) in [4.78, 5) is 4.18. The molecule has 1 aromatic heterocycles. The molecule has 2 heterocycles. The Hall–Kier alpha value is -0.380. The van der Waals surface area contributed by atoms with Crippen LogP contribution in [0.25, 0.3) is 0 Å². The Balaban J connectivity index is 1.90. The summed E-state index contributed by atoms with van der Waals surface area (Å²) in [5, 5.41) is 5.77. The summed E-state index contributed by atoms with van der Waals surface area (Å²) in [7, 11) is 0. The highest BCUT2D eigenvalue weighted by Gasteiger charge is 2.27. The Kier molecular flexibility index (Phi) is 4.60. The third-order valence-electron chi connectivity index (χ3n) is 3.65. The van der Waals surface area contributed by atoms with Gasteiger partial charge in [0, 0.05) is 36.6 Å². The van der Waals surface area contributed by atoms with E-state index in [2.05, 4.69) is 48.5 Å². The molecule has 2 nitrogen and oxygen atoms in total. The summed E-state index contributed by atoms with van der Waals surface area (Å²) < 4.78 is 0. The van der Waals surface area contributed by atoms with Crippen LogP contribution in [0.2, 0.25) is 0 Å². The van der Waals surface area contributed by atoms with Crippen LogP contribution >= 0.6 is 11.3 Å². The number of hydrogen-bond donors (Lipinski definition) is 1. The van der Waals surface area contributed by atoms with E-state index in [1.807, 2.05) is 11.3 Å². The number of piperazine rings is 1. The smallest absolute Gasteiger partial charge is 0.0244 e. The zero-order valence-electron chi connectivity index (χ0n) is 11.1.